The van der Waals surface area contributed by atoms with Crippen LogP contribution in [-0.4, -0.2) is 17.2 Å². The van der Waals surface area contributed by atoms with Gasteiger partial charge in [-0.05, 0) is 31.9 Å². The lowest BCUT2D eigenvalue weighted by atomic mass is 9.95. The van der Waals surface area contributed by atoms with Gasteiger partial charge in [-0.25, -0.2) is 0 Å². The third-order valence-electron chi connectivity index (χ3n) is 2.97. The van der Waals surface area contributed by atoms with Gasteiger partial charge in [-0.3, -0.25) is 0 Å². The first-order valence-electron chi connectivity index (χ1n) is 5.53. The van der Waals surface area contributed by atoms with E-state index in [4.69, 9.17) is 16.4 Å². The number of hydrogen-bond acceptors (Lipinski definition) is 2. The predicted octanol–water partition coefficient (Wildman–Crippen LogP) is 3.42. The number of aryl methyl sites for hydroxylation is 2. The van der Waals surface area contributed by atoms with Crippen LogP contribution in [0.15, 0.2) is 23.4 Å². The minimum atomic E-state index is -0.00873. The Bertz CT molecular complexity index is 406. The molecule has 0 saturated carbocycles. The van der Waals surface area contributed by atoms with E-state index in [1.54, 1.807) is 0 Å². The number of oxime groups is 1. The Balaban J connectivity index is 2.27. The van der Waals surface area contributed by atoms with Gasteiger partial charge in [0, 0.05) is 12.0 Å². The zero-order valence-corrected chi connectivity index (χ0v) is 10.6. The minimum Gasteiger partial charge on any atom is -0.390 e. The molecular weight excluding hydrogens is 222 g/mol. The molecule has 0 aliphatic carbocycles. The van der Waals surface area contributed by atoms with Crippen LogP contribution in [0.2, 0.25) is 0 Å². The van der Waals surface area contributed by atoms with Gasteiger partial charge in [-0.2, -0.15) is 0 Å². The van der Waals surface area contributed by atoms with Gasteiger partial charge in [0.15, 0.2) is 0 Å². The van der Waals surface area contributed by atoms with Crippen molar-refractivity contribution in [3.63, 3.8) is 0 Å². The van der Waals surface area contributed by atoms with Crippen molar-refractivity contribution in [2.75, 3.05) is 0 Å². The normalized spacial score (nSPS) is 21.5. The Labute approximate surface area is 101 Å². The highest BCUT2D eigenvalue weighted by molar-refractivity contribution is 6.21. The average Bonchev–Trinajstić information content (AvgIpc) is 2.66. The fraction of sp³-hybridized carbons (Fsp3) is 0.462. The van der Waals surface area contributed by atoms with Gasteiger partial charge in [0.25, 0.3) is 0 Å². The van der Waals surface area contributed by atoms with E-state index in [2.05, 4.69) is 37.2 Å². The quantitative estimate of drug-likeness (QED) is 0.723. The molecular formula is C13H16ClNO. The number of benzene rings is 1. The molecule has 1 aliphatic rings. The summed E-state index contributed by atoms with van der Waals surface area (Å²) in [5, 5.41) is 4.15. The predicted molar refractivity (Wildman–Crippen MR) is 67.3 cm³/mol. The molecule has 1 heterocycles. The zero-order chi connectivity index (χ0) is 11.7. The molecule has 16 heavy (non-hydrogen) atoms. The molecule has 1 aromatic rings. The first-order chi connectivity index (χ1) is 7.59. The van der Waals surface area contributed by atoms with Crippen molar-refractivity contribution < 1.29 is 4.84 Å². The molecule has 0 amide bonds. The molecule has 1 aliphatic heterocycles. The lowest BCUT2D eigenvalue weighted by Gasteiger charge is -2.10. The fourth-order valence-corrected chi connectivity index (χ4v) is 2.20. The maximum Gasteiger partial charge on any atom is 0.149 e. The Hall–Kier alpha value is -1.02. The van der Waals surface area contributed by atoms with Gasteiger partial charge >= 0.3 is 0 Å². The Morgan fingerprint density at radius 3 is 2.50 bits per heavy atom. The van der Waals surface area contributed by atoms with Crippen LogP contribution in [0.25, 0.3) is 0 Å². The lowest BCUT2D eigenvalue weighted by Crippen LogP contribution is -2.18. The van der Waals surface area contributed by atoms with Gasteiger partial charge < -0.3 is 4.84 Å². The summed E-state index contributed by atoms with van der Waals surface area (Å²) in [7, 11) is 0. The first kappa shape index (κ1) is 11.5. The molecule has 2 atom stereocenters. The summed E-state index contributed by atoms with van der Waals surface area (Å²) in [4.78, 5) is 5.35. The second kappa shape index (κ2) is 4.46. The van der Waals surface area contributed by atoms with E-state index in [0.717, 1.165) is 12.1 Å². The third kappa shape index (κ3) is 2.07. The van der Waals surface area contributed by atoms with Crippen LogP contribution in [0.4, 0.5) is 0 Å². The number of hydrogen-bond donors (Lipinski definition) is 0. The largest absolute Gasteiger partial charge is 0.390 e. The van der Waals surface area contributed by atoms with Crippen molar-refractivity contribution in [3.8, 4) is 0 Å². The van der Waals surface area contributed by atoms with Crippen molar-refractivity contribution >= 4 is 17.3 Å². The minimum absolute atomic E-state index is 0.00873. The van der Waals surface area contributed by atoms with Gasteiger partial charge in [-0.1, -0.05) is 23.4 Å². The van der Waals surface area contributed by atoms with E-state index in [1.165, 1.54) is 16.7 Å². The van der Waals surface area contributed by atoms with Crippen LogP contribution >= 0.6 is 11.6 Å². The highest BCUT2D eigenvalue weighted by Crippen LogP contribution is 2.25. The molecule has 0 aromatic heterocycles. The summed E-state index contributed by atoms with van der Waals surface area (Å²) < 4.78 is 0. The third-order valence-corrected chi connectivity index (χ3v) is 3.26. The molecule has 0 N–H and O–H groups in total. The van der Waals surface area contributed by atoms with Gasteiger partial charge in [-0.15, -0.1) is 11.6 Å². The van der Waals surface area contributed by atoms with E-state index in [1.807, 2.05) is 6.92 Å². The summed E-state index contributed by atoms with van der Waals surface area (Å²) in [6.07, 6.45) is 0.812. The van der Waals surface area contributed by atoms with Crippen molar-refractivity contribution in [2.45, 2.75) is 38.7 Å². The monoisotopic (exact) mass is 237 g/mol. The molecule has 0 spiro atoms. The summed E-state index contributed by atoms with van der Waals surface area (Å²) in [6.45, 7) is 6.14. The first-order valence-corrected chi connectivity index (χ1v) is 5.96. The number of alkyl halides is 1. The van der Waals surface area contributed by atoms with Crippen LogP contribution in [0.3, 0.4) is 0 Å². The van der Waals surface area contributed by atoms with E-state index in [-0.39, 0.29) is 11.5 Å². The molecule has 0 radical (unpaired) electrons. The maximum atomic E-state index is 6.02. The topological polar surface area (TPSA) is 21.6 Å². The molecule has 0 fully saturated rings. The smallest absolute Gasteiger partial charge is 0.149 e. The summed E-state index contributed by atoms with van der Waals surface area (Å²) in [5.74, 6) is 0. The molecule has 2 unspecified atom stereocenters. The molecule has 2 rings (SSSR count). The molecule has 2 nitrogen and oxygen atoms in total. The summed E-state index contributed by atoms with van der Waals surface area (Å²) in [5.41, 5.74) is 4.71. The Kier molecular flexibility index (Phi) is 3.20. The Morgan fingerprint density at radius 1 is 1.38 bits per heavy atom. The maximum absolute atomic E-state index is 6.02. The van der Waals surface area contributed by atoms with E-state index >= 15 is 0 Å². The second-order valence-corrected chi connectivity index (χ2v) is 5.02. The summed E-state index contributed by atoms with van der Waals surface area (Å²) in [6, 6.07) is 6.26. The summed E-state index contributed by atoms with van der Waals surface area (Å²) >= 11 is 6.02. The van der Waals surface area contributed by atoms with Crippen molar-refractivity contribution in [1.29, 1.82) is 0 Å². The standard InChI is InChI=1S/C13H16ClNO/c1-8-5-4-6-9(2)13(8)11-7-12(10(3)14)16-15-11/h4-6,10,12H,7H2,1-3H3. The average molecular weight is 238 g/mol. The van der Waals surface area contributed by atoms with E-state index in [9.17, 15) is 0 Å². The van der Waals surface area contributed by atoms with Crippen molar-refractivity contribution in [1.82, 2.24) is 0 Å². The van der Waals surface area contributed by atoms with Crippen molar-refractivity contribution in [3.05, 3.63) is 34.9 Å². The van der Waals surface area contributed by atoms with Crippen LogP contribution < -0.4 is 0 Å². The number of nitrogens with zero attached hydrogens (tertiary/aromatic N) is 1. The molecule has 86 valence electrons. The zero-order valence-electron chi connectivity index (χ0n) is 9.83. The molecule has 3 heteroatoms. The van der Waals surface area contributed by atoms with Crippen LogP contribution in [0.1, 0.15) is 30.0 Å². The molecule has 1 aromatic carbocycles. The van der Waals surface area contributed by atoms with Crippen LogP contribution in [0, 0.1) is 13.8 Å². The number of halogens is 1. The molecule has 0 bridgehead atoms. The van der Waals surface area contributed by atoms with E-state index < -0.39 is 0 Å². The van der Waals surface area contributed by atoms with Gasteiger partial charge in [0.2, 0.25) is 0 Å². The fourth-order valence-electron chi connectivity index (χ4n) is 2.06. The highest BCUT2D eigenvalue weighted by Gasteiger charge is 2.27. The second-order valence-electron chi connectivity index (χ2n) is 4.33. The SMILES string of the molecule is Cc1cccc(C)c1C1=NOC(C(C)Cl)C1. The highest BCUT2D eigenvalue weighted by atomic mass is 35.5. The van der Waals surface area contributed by atoms with Gasteiger partial charge in [0.05, 0.1) is 11.1 Å². The number of rotatable bonds is 2. The van der Waals surface area contributed by atoms with E-state index in [0.29, 0.717) is 0 Å². The van der Waals surface area contributed by atoms with Crippen LogP contribution in [0.5, 0.6) is 0 Å². The van der Waals surface area contributed by atoms with Crippen molar-refractivity contribution in [2.24, 2.45) is 5.16 Å². The lowest BCUT2D eigenvalue weighted by molar-refractivity contribution is 0.0855. The van der Waals surface area contributed by atoms with Crippen LogP contribution in [-0.2, 0) is 4.84 Å². The Morgan fingerprint density at radius 2 is 2.00 bits per heavy atom. The van der Waals surface area contributed by atoms with Gasteiger partial charge in [0.1, 0.15) is 6.10 Å². The molecule has 0 saturated heterocycles.